The second-order valence-electron chi connectivity index (χ2n) is 3.49. The van der Waals surface area contributed by atoms with Gasteiger partial charge in [-0.05, 0) is 20.4 Å². The van der Waals surface area contributed by atoms with Crippen molar-refractivity contribution in [2.24, 2.45) is 11.5 Å². The van der Waals surface area contributed by atoms with E-state index in [0.717, 1.165) is 0 Å². The van der Waals surface area contributed by atoms with Crippen molar-refractivity contribution in [2.75, 3.05) is 13.6 Å². The van der Waals surface area contributed by atoms with Gasteiger partial charge in [-0.25, -0.2) is 0 Å². The molecule has 0 saturated carbocycles. The van der Waals surface area contributed by atoms with Crippen molar-refractivity contribution < 1.29 is 4.79 Å². The number of hydrogen-bond acceptors (Lipinski definition) is 3. The summed E-state index contributed by atoms with van der Waals surface area (Å²) < 4.78 is 0. The van der Waals surface area contributed by atoms with Crippen LogP contribution in [0.1, 0.15) is 13.3 Å². The van der Waals surface area contributed by atoms with Gasteiger partial charge < -0.3 is 16.4 Å². The molecule has 2 atom stereocenters. The highest BCUT2D eigenvalue weighted by Crippen LogP contribution is 2.22. The molecule has 0 aromatic rings. The highest BCUT2D eigenvalue weighted by atomic mass is 16.1. The zero-order chi connectivity index (χ0) is 8.65. The number of likely N-dealkylation sites (tertiary alicyclic amines) is 1. The molecule has 0 aromatic carbocycles. The maximum atomic E-state index is 10.9. The SMILES string of the molecule is CC1CC(N)(C(N)=O)CN1C. The van der Waals surface area contributed by atoms with Gasteiger partial charge in [-0.3, -0.25) is 4.79 Å². The first-order valence-corrected chi connectivity index (χ1v) is 3.75. The monoisotopic (exact) mass is 157 g/mol. The van der Waals surface area contributed by atoms with Crippen LogP contribution in [-0.4, -0.2) is 36.0 Å². The molecule has 1 heterocycles. The van der Waals surface area contributed by atoms with Gasteiger partial charge in [0.05, 0.1) is 0 Å². The van der Waals surface area contributed by atoms with Crippen molar-refractivity contribution in [3.05, 3.63) is 0 Å². The molecule has 1 fully saturated rings. The van der Waals surface area contributed by atoms with Crippen LogP contribution in [-0.2, 0) is 4.79 Å². The lowest BCUT2D eigenvalue weighted by Crippen LogP contribution is -2.53. The largest absolute Gasteiger partial charge is 0.368 e. The van der Waals surface area contributed by atoms with Gasteiger partial charge in [-0.1, -0.05) is 0 Å². The molecule has 64 valence electrons. The minimum Gasteiger partial charge on any atom is -0.368 e. The summed E-state index contributed by atoms with van der Waals surface area (Å²) in [5.74, 6) is -0.395. The summed E-state index contributed by atoms with van der Waals surface area (Å²) in [7, 11) is 1.95. The van der Waals surface area contributed by atoms with Crippen LogP contribution in [0, 0.1) is 0 Å². The average molecular weight is 157 g/mol. The first kappa shape index (κ1) is 8.49. The van der Waals surface area contributed by atoms with Crippen molar-refractivity contribution in [3.63, 3.8) is 0 Å². The molecule has 0 spiro atoms. The Morgan fingerprint density at radius 1 is 1.73 bits per heavy atom. The Hall–Kier alpha value is -0.610. The van der Waals surface area contributed by atoms with Crippen LogP contribution in [0.3, 0.4) is 0 Å². The number of carbonyl (C=O) groups is 1. The van der Waals surface area contributed by atoms with Gasteiger partial charge in [0.15, 0.2) is 0 Å². The number of nitrogens with two attached hydrogens (primary N) is 2. The highest BCUT2D eigenvalue weighted by Gasteiger charge is 2.41. The van der Waals surface area contributed by atoms with Crippen LogP contribution < -0.4 is 11.5 Å². The van der Waals surface area contributed by atoms with E-state index in [9.17, 15) is 4.79 Å². The molecule has 0 aromatic heterocycles. The lowest BCUT2D eigenvalue weighted by atomic mass is 9.97. The summed E-state index contributed by atoms with van der Waals surface area (Å²) in [6, 6.07) is 0.354. The van der Waals surface area contributed by atoms with Crippen molar-refractivity contribution in [3.8, 4) is 0 Å². The maximum Gasteiger partial charge on any atom is 0.238 e. The smallest absolute Gasteiger partial charge is 0.238 e. The topological polar surface area (TPSA) is 72.3 Å². The minimum absolute atomic E-state index is 0.354. The van der Waals surface area contributed by atoms with Crippen molar-refractivity contribution in [2.45, 2.75) is 24.9 Å². The zero-order valence-electron chi connectivity index (χ0n) is 7.00. The second-order valence-corrected chi connectivity index (χ2v) is 3.49. The van der Waals surface area contributed by atoms with Crippen LogP contribution in [0.5, 0.6) is 0 Å². The Morgan fingerprint density at radius 3 is 2.45 bits per heavy atom. The summed E-state index contributed by atoms with van der Waals surface area (Å²) >= 11 is 0. The van der Waals surface area contributed by atoms with Crippen LogP contribution in [0.4, 0.5) is 0 Å². The summed E-state index contributed by atoms with van der Waals surface area (Å²) in [6.07, 6.45) is 0.666. The number of nitrogens with zero attached hydrogens (tertiary/aromatic N) is 1. The van der Waals surface area contributed by atoms with Gasteiger partial charge in [0.2, 0.25) is 5.91 Å². The predicted octanol–water partition coefficient (Wildman–Crippen LogP) is -1.11. The highest BCUT2D eigenvalue weighted by molar-refractivity contribution is 5.85. The molecule has 0 radical (unpaired) electrons. The molecule has 0 aliphatic carbocycles. The maximum absolute atomic E-state index is 10.9. The Balaban J connectivity index is 2.71. The summed E-state index contributed by atoms with van der Waals surface area (Å²) in [6.45, 7) is 2.61. The first-order valence-electron chi connectivity index (χ1n) is 3.75. The van der Waals surface area contributed by atoms with Gasteiger partial charge in [0.25, 0.3) is 0 Å². The molecule has 11 heavy (non-hydrogen) atoms. The molecule has 1 saturated heterocycles. The number of carbonyl (C=O) groups excluding carboxylic acids is 1. The van der Waals surface area contributed by atoms with E-state index < -0.39 is 11.4 Å². The van der Waals surface area contributed by atoms with E-state index in [1.807, 2.05) is 18.9 Å². The number of primary amides is 1. The molecular weight excluding hydrogens is 142 g/mol. The predicted molar refractivity (Wildman–Crippen MR) is 42.8 cm³/mol. The Morgan fingerprint density at radius 2 is 2.27 bits per heavy atom. The van der Waals surface area contributed by atoms with Crippen LogP contribution in [0.15, 0.2) is 0 Å². The van der Waals surface area contributed by atoms with Gasteiger partial charge >= 0.3 is 0 Å². The first-order chi connectivity index (χ1) is 4.96. The van der Waals surface area contributed by atoms with E-state index in [2.05, 4.69) is 0 Å². The second kappa shape index (κ2) is 2.46. The van der Waals surface area contributed by atoms with Crippen LogP contribution in [0.25, 0.3) is 0 Å². The number of rotatable bonds is 1. The Bertz CT molecular complexity index is 171. The molecule has 1 amide bonds. The molecular formula is C7H15N3O. The van der Waals surface area contributed by atoms with Gasteiger partial charge in [-0.15, -0.1) is 0 Å². The van der Waals surface area contributed by atoms with E-state index in [1.165, 1.54) is 0 Å². The standard InChI is InChI=1S/C7H15N3O/c1-5-3-7(9,6(8)11)4-10(5)2/h5H,3-4,9H2,1-2H3,(H2,8,11). The quantitative estimate of drug-likeness (QED) is 0.507. The fourth-order valence-electron chi connectivity index (χ4n) is 1.53. The third-order valence-electron chi connectivity index (χ3n) is 2.43. The Kier molecular flexibility index (Phi) is 1.90. The molecule has 2 unspecified atom stereocenters. The van der Waals surface area contributed by atoms with Crippen molar-refractivity contribution in [1.82, 2.24) is 4.90 Å². The molecule has 1 aliphatic heterocycles. The van der Waals surface area contributed by atoms with Gasteiger partial charge in [-0.2, -0.15) is 0 Å². The van der Waals surface area contributed by atoms with E-state index >= 15 is 0 Å². The van der Waals surface area contributed by atoms with E-state index in [0.29, 0.717) is 19.0 Å². The third-order valence-corrected chi connectivity index (χ3v) is 2.43. The lowest BCUT2D eigenvalue weighted by molar-refractivity contribution is -0.122. The molecule has 1 rings (SSSR count). The normalized spacial score (nSPS) is 39.4. The average Bonchev–Trinajstić information content (AvgIpc) is 2.09. The van der Waals surface area contributed by atoms with E-state index in [-0.39, 0.29) is 0 Å². The minimum atomic E-state index is -0.797. The molecule has 4 N–H and O–H groups in total. The number of hydrogen-bond donors (Lipinski definition) is 2. The molecule has 4 heteroatoms. The van der Waals surface area contributed by atoms with Crippen LogP contribution in [0.2, 0.25) is 0 Å². The number of amides is 1. The fourth-order valence-corrected chi connectivity index (χ4v) is 1.53. The van der Waals surface area contributed by atoms with E-state index in [1.54, 1.807) is 0 Å². The van der Waals surface area contributed by atoms with Gasteiger partial charge in [0.1, 0.15) is 5.54 Å². The Labute approximate surface area is 66.5 Å². The molecule has 1 aliphatic rings. The van der Waals surface area contributed by atoms with E-state index in [4.69, 9.17) is 11.5 Å². The van der Waals surface area contributed by atoms with Crippen LogP contribution >= 0.6 is 0 Å². The zero-order valence-corrected chi connectivity index (χ0v) is 7.00. The fraction of sp³-hybridized carbons (Fsp3) is 0.857. The summed E-state index contributed by atoms with van der Waals surface area (Å²) in [5, 5.41) is 0. The van der Waals surface area contributed by atoms with Crippen molar-refractivity contribution >= 4 is 5.91 Å². The number of likely N-dealkylation sites (N-methyl/N-ethyl adjacent to an activating group) is 1. The summed E-state index contributed by atoms with van der Waals surface area (Å²) in [4.78, 5) is 12.9. The van der Waals surface area contributed by atoms with Crippen molar-refractivity contribution in [1.29, 1.82) is 0 Å². The molecule has 0 bridgehead atoms. The van der Waals surface area contributed by atoms with Gasteiger partial charge in [0, 0.05) is 12.6 Å². The summed E-state index contributed by atoms with van der Waals surface area (Å²) in [5.41, 5.74) is 10.1. The molecule has 4 nitrogen and oxygen atoms in total. The lowest BCUT2D eigenvalue weighted by Gasteiger charge is -2.18. The third kappa shape index (κ3) is 1.36.